The molecule has 212 valence electrons. The lowest BCUT2D eigenvalue weighted by molar-refractivity contribution is 0.669. The van der Waals surface area contributed by atoms with Crippen molar-refractivity contribution in [1.82, 2.24) is 4.57 Å². The molecule has 0 saturated heterocycles. The lowest BCUT2D eigenvalue weighted by Crippen LogP contribution is -2.10. The Morgan fingerprint density at radius 3 is 1.73 bits per heavy atom. The summed E-state index contributed by atoms with van der Waals surface area (Å²) in [5.41, 5.74) is 11.0. The SMILES string of the molecule is c1ccc(-c2ccc(N(c3ccccc3)c3ccc(-n4c5ccccc5c5ccc6oc7ccccc7c6c54)cc3)cc2)cc1. The molecular formula is C42H28N2O. The molecule has 3 nitrogen and oxygen atoms in total. The van der Waals surface area contributed by atoms with Crippen molar-refractivity contribution in [3.8, 4) is 16.8 Å². The third-order valence-corrected chi connectivity index (χ3v) is 8.79. The van der Waals surface area contributed by atoms with Gasteiger partial charge >= 0.3 is 0 Å². The molecule has 0 bridgehead atoms. The molecule has 0 radical (unpaired) electrons. The van der Waals surface area contributed by atoms with Gasteiger partial charge in [0.25, 0.3) is 0 Å². The first kappa shape index (κ1) is 25.4. The Morgan fingerprint density at radius 2 is 0.978 bits per heavy atom. The Hall–Kier alpha value is -6.06. The molecule has 0 aliphatic carbocycles. The standard InChI is InChI=1S/C42H28N2O/c1-3-11-29(12-4-1)30-19-21-32(22-20-30)43(31-13-5-2-6-14-31)33-23-25-34(26-24-33)44-38-17-9-7-15-35(38)36-27-28-40-41(42(36)44)37-16-8-10-18-39(37)45-40/h1-28H. The Kier molecular flexibility index (Phi) is 5.82. The second-order valence-corrected chi connectivity index (χ2v) is 11.4. The highest BCUT2D eigenvalue weighted by molar-refractivity contribution is 6.24. The minimum atomic E-state index is 0.901. The van der Waals surface area contributed by atoms with Crippen LogP contribution in [0.2, 0.25) is 0 Å². The average molecular weight is 577 g/mol. The van der Waals surface area contributed by atoms with Crippen molar-refractivity contribution in [2.45, 2.75) is 0 Å². The fourth-order valence-electron chi connectivity index (χ4n) is 6.74. The van der Waals surface area contributed by atoms with E-state index in [1.165, 1.54) is 32.9 Å². The lowest BCUT2D eigenvalue weighted by atomic mass is 10.0. The maximum Gasteiger partial charge on any atom is 0.137 e. The molecule has 0 N–H and O–H groups in total. The third-order valence-electron chi connectivity index (χ3n) is 8.79. The van der Waals surface area contributed by atoms with E-state index >= 15 is 0 Å². The minimum Gasteiger partial charge on any atom is -0.456 e. The molecule has 9 rings (SSSR count). The van der Waals surface area contributed by atoms with Crippen LogP contribution in [0.25, 0.3) is 60.6 Å². The molecule has 0 fully saturated rings. The van der Waals surface area contributed by atoms with Crippen LogP contribution in [0.15, 0.2) is 174 Å². The monoisotopic (exact) mass is 576 g/mol. The second-order valence-electron chi connectivity index (χ2n) is 11.4. The van der Waals surface area contributed by atoms with Crippen LogP contribution >= 0.6 is 0 Å². The van der Waals surface area contributed by atoms with Gasteiger partial charge in [0, 0.05) is 38.9 Å². The van der Waals surface area contributed by atoms with Gasteiger partial charge in [0.2, 0.25) is 0 Å². The van der Waals surface area contributed by atoms with Crippen molar-refractivity contribution < 1.29 is 4.42 Å². The molecule has 0 saturated carbocycles. The van der Waals surface area contributed by atoms with Crippen LogP contribution in [0.5, 0.6) is 0 Å². The largest absolute Gasteiger partial charge is 0.456 e. The van der Waals surface area contributed by atoms with Gasteiger partial charge in [-0.1, -0.05) is 97.1 Å². The first-order chi connectivity index (χ1) is 22.3. The summed E-state index contributed by atoms with van der Waals surface area (Å²) in [7, 11) is 0. The van der Waals surface area contributed by atoms with Crippen LogP contribution in [0.4, 0.5) is 17.1 Å². The van der Waals surface area contributed by atoms with Crippen molar-refractivity contribution in [3.05, 3.63) is 170 Å². The predicted molar refractivity (Wildman–Crippen MR) is 188 cm³/mol. The van der Waals surface area contributed by atoms with Gasteiger partial charge in [0.15, 0.2) is 0 Å². The summed E-state index contributed by atoms with van der Waals surface area (Å²) in [6.45, 7) is 0. The number of fused-ring (bicyclic) bond motifs is 7. The van der Waals surface area contributed by atoms with E-state index in [-0.39, 0.29) is 0 Å². The van der Waals surface area contributed by atoms with Gasteiger partial charge in [-0.05, 0) is 83.9 Å². The maximum absolute atomic E-state index is 6.31. The summed E-state index contributed by atoms with van der Waals surface area (Å²) in [6, 6.07) is 60.1. The van der Waals surface area contributed by atoms with Crippen molar-refractivity contribution >= 4 is 60.8 Å². The van der Waals surface area contributed by atoms with Gasteiger partial charge in [0.1, 0.15) is 11.2 Å². The maximum atomic E-state index is 6.31. The fourth-order valence-corrected chi connectivity index (χ4v) is 6.74. The summed E-state index contributed by atoms with van der Waals surface area (Å²) in [4.78, 5) is 2.31. The van der Waals surface area contributed by atoms with Crippen LogP contribution in [-0.4, -0.2) is 4.57 Å². The molecule has 0 atom stereocenters. The molecule has 0 spiro atoms. The molecule has 0 amide bonds. The third kappa shape index (κ3) is 4.13. The molecule has 2 aromatic heterocycles. The van der Waals surface area contributed by atoms with E-state index in [0.717, 1.165) is 44.7 Å². The highest BCUT2D eigenvalue weighted by Crippen LogP contribution is 2.42. The molecule has 0 aliphatic rings. The Bertz CT molecular complexity index is 2450. The minimum absolute atomic E-state index is 0.901. The van der Waals surface area contributed by atoms with Gasteiger partial charge in [0.05, 0.1) is 16.4 Å². The van der Waals surface area contributed by atoms with E-state index < -0.39 is 0 Å². The quantitative estimate of drug-likeness (QED) is 0.203. The molecule has 0 aliphatic heterocycles. The highest BCUT2D eigenvalue weighted by atomic mass is 16.3. The van der Waals surface area contributed by atoms with E-state index in [4.69, 9.17) is 4.42 Å². The number of hydrogen-bond donors (Lipinski definition) is 0. The first-order valence-electron chi connectivity index (χ1n) is 15.3. The number of hydrogen-bond acceptors (Lipinski definition) is 2. The lowest BCUT2D eigenvalue weighted by Gasteiger charge is -2.26. The summed E-state index contributed by atoms with van der Waals surface area (Å²) in [5.74, 6) is 0. The van der Waals surface area contributed by atoms with E-state index in [0.29, 0.717) is 0 Å². The summed E-state index contributed by atoms with van der Waals surface area (Å²) in [5, 5.41) is 4.73. The van der Waals surface area contributed by atoms with Crippen LogP contribution in [0, 0.1) is 0 Å². The van der Waals surface area contributed by atoms with Crippen molar-refractivity contribution in [3.63, 3.8) is 0 Å². The number of anilines is 3. The molecule has 9 aromatic rings. The van der Waals surface area contributed by atoms with Crippen molar-refractivity contribution in [1.29, 1.82) is 0 Å². The number of nitrogens with zero attached hydrogens (tertiary/aromatic N) is 2. The predicted octanol–water partition coefficient (Wildman–Crippen LogP) is 11.8. The number of furan rings is 1. The molecule has 45 heavy (non-hydrogen) atoms. The highest BCUT2D eigenvalue weighted by Gasteiger charge is 2.19. The van der Waals surface area contributed by atoms with E-state index in [1.54, 1.807) is 0 Å². The van der Waals surface area contributed by atoms with E-state index in [9.17, 15) is 0 Å². The van der Waals surface area contributed by atoms with E-state index in [2.05, 4.69) is 167 Å². The number of aromatic nitrogens is 1. The Morgan fingerprint density at radius 1 is 0.400 bits per heavy atom. The molecule has 2 heterocycles. The zero-order valence-corrected chi connectivity index (χ0v) is 24.5. The average Bonchev–Trinajstić information content (AvgIpc) is 3.66. The topological polar surface area (TPSA) is 21.3 Å². The second kappa shape index (κ2) is 10.3. The summed E-state index contributed by atoms with van der Waals surface area (Å²) in [6.07, 6.45) is 0. The van der Waals surface area contributed by atoms with Gasteiger partial charge in [-0.3, -0.25) is 0 Å². The zero-order valence-electron chi connectivity index (χ0n) is 24.5. The van der Waals surface area contributed by atoms with Gasteiger partial charge < -0.3 is 13.9 Å². The molecular weight excluding hydrogens is 548 g/mol. The number of benzene rings is 7. The zero-order chi connectivity index (χ0) is 29.7. The van der Waals surface area contributed by atoms with Crippen LogP contribution in [0.1, 0.15) is 0 Å². The molecule has 7 aromatic carbocycles. The number of rotatable bonds is 5. The summed E-state index contributed by atoms with van der Waals surface area (Å²) >= 11 is 0. The Labute approximate surface area is 260 Å². The van der Waals surface area contributed by atoms with Crippen molar-refractivity contribution in [2.24, 2.45) is 0 Å². The normalized spacial score (nSPS) is 11.6. The van der Waals surface area contributed by atoms with Gasteiger partial charge in [-0.15, -0.1) is 0 Å². The number of para-hydroxylation sites is 3. The first-order valence-corrected chi connectivity index (χ1v) is 15.3. The summed E-state index contributed by atoms with van der Waals surface area (Å²) < 4.78 is 8.70. The van der Waals surface area contributed by atoms with Crippen molar-refractivity contribution in [2.75, 3.05) is 4.90 Å². The fraction of sp³-hybridized carbons (Fsp3) is 0. The Balaban J connectivity index is 1.21. The van der Waals surface area contributed by atoms with E-state index in [1.807, 2.05) is 12.1 Å². The smallest absolute Gasteiger partial charge is 0.137 e. The molecule has 3 heteroatoms. The van der Waals surface area contributed by atoms with Crippen LogP contribution in [0.3, 0.4) is 0 Å². The van der Waals surface area contributed by atoms with Crippen LogP contribution in [-0.2, 0) is 0 Å². The van der Waals surface area contributed by atoms with Crippen LogP contribution < -0.4 is 4.90 Å². The van der Waals surface area contributed by atoms with Gasteiger partial charge in [-0.2, -0.15) is 0 Å². The van der Waals surface area contributed by atoms with Gasteiger partial charge in [-0.25, -0.2) is 0 Å². The molecule has 0 unspecified atom stereocenters.